The van der Waals surface area contributed by atoms with Crippen molar-refractivity contribution in [2.24, 2.45) is 0 Å². The van der Waals surface area contributed by atoms with Crippen molar-refractivity contribution in [2.45, 2.75) is 53.1 Å². The Morgan fingerprint density at radius 1 is 1.22 bits per heavy atom. The summed E-state index contributed by atoms with van der Waals surface area (Å²) in [5.41, 5.74) is 6.04. The van der Waals surface area contributed by atoms with E-state index >= 15 is 0 Å². The maximum Gasteiger partial charge on any atom is 0.330 e. The number of hydrogen-bond acceptors (Lipinski definition) is 6. The van der Waals surface area contributed by atoms with Crippen LogP contribution in [0.3, 0.4) is 0 Å². The molecule has 2 aromatic rings. The number of aromatic nitrogens is 2. The Balaban J connectivity index is 2.34. The van der Waals surface area contributed by atoms with Crippen LogP contribution in [-0.2, 0) is 11.3 Å². The van der Waals surface area contributed by atoms with Gasteiger partial charge in [-0.1, -0.05) is 32.4 Å². The molecule has 9 nitrogen and oxygen atoms in total. The van der Waals surface area contributed by atoms with Crippen molar-refractivity contribution in [2.75, 3.05) is 37.4 Å². The van der Waals surface area contributed by atoms with Gasteiger partial charge in [-0.05, 0) is 44.5 Å². The second-order valence-corrected chi connectivity index (χ2v) is 7.65. The van der Waals surface area contributed by atoms with Crippen molar-refractivity contribution in [3.63, 3.8) is 0 Å². The number of benzene rings is 1. The molecule has 3 N–H and O–H groups in total. The summed E-state index contributed by atoms with van der Waals surface area (Å²) in [5.74, 6) is 0.508. The average Bonchev–Trinajstić information content (AvgIpc) is 2.79. The van der Waals surface area contributed by atoms with Gasteiger partial charge in [0.05, 0.1) is 13.7 Å². The molecule has 9 heteroatoms. The van der Waals surface area contributed by atoms with Crippen LogP contribution in [0.25, 0.3) is 0 Å². The number of nitrogens with two attached hydrogens (primary N) is 1. The van der Waals surface area contributed by atoms with Gasteiger partial charge in [0.1, 0.15) is 11.6 Å². The topological polar surface area (TPSA) is 114 Å². The van der Waals surface area contributed by atoms with Crippen molar-refractivity contribution in [1.29, 1.82) is 0 Å². The Hall–Kier alpha value is -3.07. The molecule has 1 aromatic carbocycles. The van der Waals surface area contributed by atoms with Crippen LogP contribution in [0.15, 0.2) is 33.9 Å². The minimum atomic E-state index is -0.653. The zero-order valence-electron chi connectivity index (χ0n) is 19.7. The fourth-order valence-electron chi connectivity index (χ4n) is 3.73. The van der Waals surface area contributed by atoms with Gasteiger partial charge in [-0.2, -0.15) is 0 Å². The van der Waals surface area contributed by atoms with E-state index in [1.807, 2.05) is 49.9 Å². The number of rotatable bonds is 11. The van der Waals surface area contributed by atoms with Crippen molar-refractivity contribution in [3.05, 3.63) is 50.7 Å². The number of H-pyrrole nitrogens is 1. The smallest absolute Gasteiger partial charge is 0.330 e. The number of aromatic amines is 1. The van der Waals surface area contributed by atoms with Crippen LogP contribution in [0.4, 0.5) is 11.5 Å². The molecule has 1 unspecified atom stereocenters. The van der Waals surface area contributed by atoms with E-state index in [2.05, 4.69) is 4.98 Å². The van der Waals surface area contributed by atoms with E-state index in [4.69, 9.17) is 10.5 Å². The molecule has 176 valence electrons. The molecule has 1 atom stereocenters. The van der Waals surface area contributed by atoms with Gasteiger partial charge >= 0.3 is 5.69 Å². The second kappa shape index (κ2) is 11.5. The van der Waals surface area contributed by atoms with Crippen LogP contribution in [0.2, 0.25) is 0 Å². The number of anilines is 2. The lowest BCUT2D eigenvalue weighted by Gasteiger charge is -2.31. The molecule has 0 aliphatic rings. The van der Waals surface area contributed by atoms with Crippen molar-refractivity contribution in [3.8, 4) is 5.75 Å². The second-order valence-electron chi connectivity index (χ2n) is 7.65. The van der Waals surface area contributed by atoms with Gasteiger partial charge in [0.2, 0.25) is 5.91 Å². The lowest BCUT2D eigenvalue weighted by Crippen LogP contribution is -2.45. The number of hydrogen-bond donors (Lipinski definition) is 2. The first-order chi connectivity index (χ1) is 15.3. The van der Waals surface area contributed by atoms with E-state index in [0.29, 0.717) is 13.1 Å². The molecule has 0 bridgehead atoms. The molecule has 1 aromatic heterocycles. The predicted molar refractivity (Wildman–Crippen MR) is 127 cm³/mol. The molecule has 0 spiro atoms. The first-order valence-corrected chi connectivity index (χ1v) is 11.1. The summed E-state index contributed by atoms with van der Waals surface area (Å²) in [7, 11) is 1.62. The molecule has 0 radical (unpaired) electrons. The number of amides is 1. The lowest BCUT2D eigenvalue weighted by molar-refractivity contribution is -0.120. The zero-order valence-corrected chi connectivity index (χ0v) is 19.7. The summed E-state index contributed by atoms with van der Waals surface area (Å²) in [5, 5.41) is 0. The number of nitrogens with one attached hydrogen (secondary N) is 1. The number of methoxy groups -OCH3 is 1. The van der Waals surface area contributed by atoms with Gasteiger partial charge in [-0.25, -0.2) is 4.79 Å². The third-order valence-electron chi connectivity index (χ3n) is 5.71. The molecular weight excluding hydrogens is 410 g/mol. The first-order valence-electron chi connectivity index (χ1n) is 11.1. The van der Waals surface area contributed by atoms with E-state index in [0.717, 1.165) is 24.2 Å². The molecule has 1 amide bonds. The van der Waals surface area contributed by atoms with E-state index in [1.54, 1.807) is 14.0 Å². The minimum absolute atomic E-state index is 0.0197. The summed E-state index contributed by atoms with van der Waals surface area (Å²) < 4.78 is 6.64. The fourth-order valence-corrected chi connectivity index (χ4v) is 3.73. The number of ether oxygens (including phenoxy) is 1. The third kappa shape index (κ3) is 5.59. The highest BCUT2D eigenvalue weighted by Crippen LogP contribution is 2.24. The zero-order chi connectivity index (χ0) is 23.8. The van der Waals surface area contributed by atoms with E-state index in [-0.39, 0.29) is 36.5 Å². The van der Waals surface area contributed by atoms with Gasteiger partial charge in [0.25, 0.3) is 5.56 Å². The van der Waals surface area contributed by atoms with Gasteiger partial charge in [-0.15, -0.1) is 0 Å². The van der Waals surface area contributed by atoms with Crippen LogP contribution in [0.5, 0.6) is 5.75 Å². The average molecular weight is 446 g/mol. The first kappa shape index (κ1) is 25.2. The highest BCUT2D eigenvalue weighted by Gasteiger charge is 2.26. The van der Waals surface area contributed by atoms with E-state index in [9.17, 15) is 14.4 Å². The van der Waals surface area contributed by atoms with Gasteiger partial charge in [0, 0.05) is 19.1 Å². The Morgan fingerprint density at radius 3 is 2.53 bits per heavy atom. The molecule has 1 heterocycles. The molecule has 0 aliphatic carbocycles. The normalized spacial score (nSPS) is 12.1. The Bertz CT molecular complexity index is 1030. The minimum Gasteiger partial charge on any atom is -0.497 e. The van der Waals surface area contributed by atoms with Crippen molar-refractivity contribution < 1.29 is 9.53 Å². The third-order valence-corrected chi connectivity index (χ3v) is 5.71. The van der Waals surface area contributed by atoms with Crippen LogP contribution in [0, 0.1) is 0 Å². The quantitative estimate of drug-likeness (QED) is 0.549. The van der Waals surface area contributed by atoms with Crippen molar-refractivity contribution in [1.82, 2.24) is 14.5 Å². The summed E-state index contributed by atoms with van der Waals surface area (Å²) in [6.07, 6.45) is 1.60. The Kier molecular flexibility index (Phi) is 9.07. The highest BCUT2D eigenvalue weighted by atomic mass is 16.5. The maximum absolute atomic E-state index is 13.3. The Morgan fingerprint density at radius 2 is 1.94 bits per heavy atom. The maximum atomic E-state index is 13.3. The number of carbonyl (C=O) groups excluding carboxylic acids is 1. The van der Waals surface area contributed by atoms with E-state index in [1.165, 1.54) is 9.47 Å². The summed E-state index contributed by atoms with van der Waals surface area (Å²) in [6.45, 7) is 9.13. The van der Waals surface area contributed by atoms with Gasteiger partial charge < -0.3 is 15.4 Å². The number of unbranched alkanes of at least 4 members (excludes halogenated alkanes) is 1. The predicted octanol–water partition coefficient (Wildman–Crippen LogP) is 2.36. The summed E-state index contributed by atoms with van der Waals surface area (Å²) in [4.78, 5) is 43.8. The largest absolute Gasteiger partial charge is 0.497 e. The molecule has 32 heavy (non-hydrogen) atoms. The number of carbonyl (C=O) groups is 1. The van der Waals surface area contributed by atoms with E-state index < -0.39 is 11.2 Å². The fraction of sp³-hybridized carbons (Fsp3) is 0.522. The monoisotopic (exact) mass is 445 g/mol. The standard InChI is InChI=1S/C23H35N5O4/c1-6-9-13-28-21(24)20(22(30)25-23(28)31)27(8-3)19(29)15-26(7-2)16(4)17-11-10-12-18(14-17)32-5/h10-12,14,16H,6-9,13,15,24H2,1-5H3,(H,25,30,31). The highest BCUT2D eigenvalue weighted by molar-refractivity contribution is 5.96. The summed E-state index contributed by atoms with van der Waals surface area (Å²) >= 11 is 0. The van der Waals surface area contributed by atoms with Gasteiger partial charge in [-0.3, -0.25) is 24.0 Å². The lowest BCUT2D eigenvalue weighted by atomic mass is 10.1. The number of nitrogens with zero attached hydrogens (tertiary/aromatic N) is 3. The Labute approximate surface area is 188 Å². The molecular formula is C23H35N5O4. The molecule has 0 saturated carbocycles. The molecule has 0 aliphatic heterocycles. The van der Waals surface area contributed by atoms with Crippen LogP contribution >= 0.6 is 0 Å². The van der Waals surface area contributed by atoms with Crippen LogP contribution in [0.1, 0.15) is 52.1 Å². The van der Waals surface area contributed by atoms with Crippen LogP contribution < -0.4 is 26.6 Å². The molecule has 0 fully saturated rings. The van der Waals surface area contributed by atoms with Gasteiger partial charge in [0.15, 0.2) is 5.69 Å². The van der Waals surface area contributed by atoms with Crippen molar-refractivity contribution >= 4 is 17.4 Å². The molecule has 0 saturated heterocycles. The number of likely N-dealkylation sites (N-methyl/N-ethyl adjacent to an activating group) is 2. The SMILES string of the molecule is CCCCn1c(N)c(N(CC)C(=O)CN(CC)C(C)c2cccc(OC)c2)c(=O)[nH]c1=O. The molecule has 2 rings (SSSR count). The summed E-state index contributed by atoms with van der Waals surface area (Å²) in [6, 6.07) is 7.68. The van der Waals surface area contributed by atoms with Crippen LogP contribution in [-0.4, -0.2) is 47.1 Å². The number of nitrogen functional groups attached to an aromatic ring is 1.